The number of hydrogen-bond donors (Lipinski definition) is 0. The zero-order valence-corrected chi connectivity index (χ0v) is 28.9. The topological polar surface area (TPSA) is 0 Å². The molecule has 8 aromatic rings. The summed E-state index contributed by atoms with van der Waals surface area (Å²) < 4.78 is 0. The van der Waals surface area contributed by atoms with Crippen molar-refractivity contribution in [2.75, 3.05) is 0 Å². The maximum absolute atomic E-state index is 2.44. The number of rotatable bonds is 4. The van der Waals surface area contributed by atoms with E-state index in [0.29, 0.717) is 0 Å². The Bertz CT molecular complexity index is 2330. The number of hydrogen-bond acceptors (Lipinski definition) is 0. The number of benzene rings is 8. The molecule has 0 saturated carbocycles. The molecule has 0 heterocycles. The molecule has 0 radical (unpaired) electrons. The summed E-state index contributed by atoms with van der Waals surface area (Å²) in [5, 5.41) is 7.66. The van der Waals surface area contributed by atoms with Crippen LogP contribution < -0.4 is 0 Å². The van der Waals surface area contributed by atoms with Gasteiger partial charge in [0.15, 0.2) is 0 Å². The van der Waals surface area contributed by atoms with E-state index in [1.807, 2.05) is 13.8 Å². The molecule has 0 fully saturated rings. The highest BCUT2D eigenvalue weighted by atomic mass is 14.3. The van der Waals surface area contributed by atoms with Crippen LogP contribution in [-0.2, 0) is 0 Å². The maximum atomic E-state index is 2.44. The standard InChI is InChI=1S/C46H36.C2H6/c1-29-15-5-9-19-36(29)42-28-43(37-20-10-6-16-30(37)2)32(4)44(31(42)3)46-40-23-13-11-21-38(40)45(39-22-12-14-24-41(39)46)35-26-25-33-17-7-8-18-34(33)27-35;1-2/h5-28H,1-4H3;1-2H3. The quantitative estimate of drug-likeness (QED) is 0.172. The third-order valence-electron chi connectivity index (χ3n) is 9.94. The van der Waals surface area contributed by atoms with Gasteiger partial charge in [-0.15, -0.1) is 0 Å². The average molecular weight is 619 g/mol. The van der Waals surface area contributed by atoms with Crippen LogP contribution in [0.1, 0.15) is 36.1 Å². The molecule has 0 aliphatic heterocycles. The van der Waals surface area contributed by atoms with Crippen molar-refractivity contribution in [3.63, 3.8) is 0 Å². The summed E-state index contributed by atoms with van der Waals surface area (Å²) in [7, 11) is 0. The first kappa shape index (κ1) is 31.2. The SMILES string of the molecule is CC.Cc1ccccc1-c1cc(-c2ccccc2C)c(C)c(-c2c3ccccc3c(-c3ccc4ccccc4c3)c3ccccc23)c1C. The van der Waals surface area contributed by atoms with Crippen molar-refractivity contribution in [2.24, 2.45) is 0 Å². The van der Waals surface area contributed by atoms with Crippen molar-refractivity contribution >= 4 is 32.3 Å². The molecular weight excluding hydrogens is 577 g/mol. The second-order valence-electron chi connectivity index (χ2n) is 12.6. The predicted octanol–water partition coefficient (Wildman–Crippen LogP) is 14.1. The van der Waals surface area contributed by atoms with Crippen LogP contribution in [0.25, 0.3) is 76.8 Å². The van der Waals surface area contributed by atoms with Gasteiger partial charge in [0.25, 0.3) is 0 Å². The van der Waals surface area contributed by atoms with Gasteiger partial charge in [0, 0.05) is 0 Å². The summed E-state index contributed by atoms with van der Waals surface area (Å²) in [6, 6.07) is 53.7. The van der Waals surface area contributed by atoms with Crippen LogP contribution in [0.2, 0.25) is 0 Å². The lowest BCUT2D eigenvalue weighted by molar-refractivity contribution is 1.35. The summed E-state index contributed by atoms with van der Waals surface area (Å²) in [5.74, 6) is 0. The van der Waals surface area contributed by atoms with Crippen LogP contribution in [-0.4, -0.2) is 0 Å². The largest absolute Gasteiger partial charge is 0.0683 e. The molecular formula is C48H42. The summed E-state index contributed by atoms with van der Waals surface area (Å²) >= 11 is 0. The summed E-state index contributed by atoms with van der Waals surface area (Å²) in [6.07, 6.45) is 0. The zero-order valence-electron chi connectivity index (χ0n) is 28.9. The first-order valence-electron chi connectivity index (χ1n) is 17.2. The van der Waals surface area contributed by atoms with E-state index in [1.54, 1.807) is 0 Å². The molecule has 0 aliphatic rings. The van der Waals surface area contributed by atoms with Crippen LogP contribution >= 0.6 is 0 Å². The van der Waals surface area contributed by atoms with Crippen LogP contribution in [0.5, 0.6) is 0 Å². The molecule has 0 unspecified atom stereocenters. The maximum Gasteiger partial charge on any atom is -0.00206 e. The van der Waals surface area contributed by atoms with Gasteiger partial charge < -0.3 is 0 Å². The van der Waals surface area contributed by atoms with Gasteiger partial charge in [-0.3, -0.25) is 0 Å². The smallest absolute Gasteiger partial charge is 0.00206 e. The summed E-state index contributed by atoms with van der Waals surface area (Å²) in [4.78, 5) is 0. The van der Waals surface area contributed by atoms with E-state index in [-0.39, 0.29) is 0 Å². The molecule has 0 atom stereocenters. The highest BCUT2D eigenvalue weighted by Crippen LogP contribution is 2.49. The second kappa shape index (κ2) is 13.0. The van der Waals surface area contributed by atoms with Crippen LogP contribution in [0.3, 0.4) is 0 Å². The molecule has 0 heteroatoms. The minimum Gasteiger partial charge on any atom is -0.0683 e. The molecule has 0 spiro atoms. The molecule has 0 aromatic heterocycles. The number of fused-ring (bicyclic) bond motifs is 3. The van der Waals surface area contributed by atoms with Gasteiger partial charge in [0.05, 0.1) is 0 Å². The normalized spacial score (nSPS) is 11.1. The lowest BCUT2D eigenvalue weighted by Gasteiger charge is -2.24. The Morgan fingerprint density at radius 3 is 1.23 bits per heavy atom. The molecule has 8 aromatic carbocycles. The van der Waals surface area contributed by atoms with Gasteiger partial charge in [0.2, 0.25) is 0 Å². The van der Waals surface area contributed by atoms with Gasteiger partial charge in [-0.05, 0) is 139 Å². The monoisotopic (exact) mass is 618 g/mol. The van der Waals surface area contributed by atoms with E-state index in [9.17, 15) is 0 Å². The molecule has 0 saturated heterocycles. The van der Waals surface area contributed by atoms with E-state index in [2.05, 4.69) is 173 Å². The fourth-order valence-electron chi connectivity index (χ4n) is 7.65. The molecule has 0 amide bonds. The lowest BCUT2D eigenvalue weighted by Crippen LogP contribution is -2.00. The highest BCUT2D eigenvalue weighted by molar-refractivity contribution is 6.22. The molecule has 0 bridgehead atoms. The fourth-order valence-corrected chi connectivity index (χ4v) is 7.65. The van der Waals surface area contributed by atoms with Crippen LogP contribution in [0.15, 0.2) is 146 Å². The Kier molecular flexibility index (Phi) is 8.42. The van der Waals surface area contributed by atoms with Crippen molar-refractivity contribution < 1.29 is 0 Å². The van der Waals surface area contributed by atoms with Gasteiger partial charge in [-0.2, -0.15) is 0 Å². The fraction of sp³-hybridized carbons (Fsp3) is 0.125. The van der Waals surface area contributed by atoms with Gasteiger partial charge in [0.1, 0.15) is 0 Å². The average Bonchev–Trinajstić information content (AvgIpc) is 3.13. The van der Waals surface area contributed by atoms with Gasteiger partial charge >= 0.3 is 0 Å². The molecule has 0 aliphatic carbocycles. The van der Waals surface area contributed by atoms with Crippen molar-refractivity contribution in [3.05, 3.63) is 168 Å². The molecule has 234 valence electrons. The minimum atomic E-state index is 1.25. The Morgan fingerprint density at radius 2 is 0.729 bits per heavy atom. The van der Waals surface area contributed by atoms with Crippen LogP contribution in [0, 0.1) is 27.7 Å². The van der Waals surface area contributed by atoms with Crippen molar-refractivity contribution in [3.8, 4) is 44.5 Å². The zero-order chi connectivity index (χ0) is 33.4. The highest BCUT2D eigenvalue weighted by Gasteiger charge is 2.23. The third kappa shape index (κ3) is 5.19. The molecule has 0 N–H and O–H groups in total. The predicted molar refractivity (Wildman–Crippen MR) is 211 cm³/mol. The van der Waals surface area contributed by atoms with Crippen molar-refractivity contribution in [1.82, 2.24) is 0 Å². The summed E-state index contributed by atoms with van der Waals surface area (Å²) in [6.45, 7) is 13.1. The van der Waals surface area contributed by atoms with E-state index in [1.165, 1.54) is 99.1 Å². The van der Waals surface area contributed by atoms with E-state index in [4.69, 9.17) is 0 Å². The molecule has 8 rings (SSSR count). The van der Waals surface area contributed by atoms with E-state index in [0.717, 1.165) is 0 Å². The Labute approximate surface area is 285 Å². The van der Waals surface area contributed by atoms with Gasteiger partial charge in [-0.1, -0.05) is 147 Å². The summed E-state index contributed by atoms with van der Waals surface area (Å²) in [5.41, 5.74) is 15.6. The van der Waals surface area contributed by atoms with E-state index < -0.39 is 0 Å². The first-order chi connectivity index (χ1) is 23.5. The molecule has 48 heavy (non-hydrogen) atoms. The van der Waals surface area contributed by atoms with Crippen LogP contribution in [0.4, 0.5) is 0 Å². The van der Waals surface area contributed by atoms with E-state index >= 15 is 0 Å². The Morgan fingerprint density at radius 1 is 0.312 bits per heavy atom. The van der Waals surface area contributed by atoms with Crippen molar-refractivity contribution in [1.29, 1.82) is 0 Å². The van der Waals surface area contributed by atoms with Gasteiger partial charge in [-0.25, -0.2) is 0 Å². The minimum absolute atomic E-state index is 1.25. The number of aryl methyl sites for hydroxylation is 2. The lowest BCUT2D eigenvalue weighted by atomic mass is 9.79. The second-order valence-corrected chi connectivity index (χ2v) is 12.6. The molecule has 0 nitrogen and oxygen atoms in total. The Balaban J connectivity index is 0.00000179. The Hall–Kier alpha value is -5.46. The van der Waals surface area contributed by atoms with Crippen molar-refractivity contribution in [2.45, 2.75) is 41.5 Å². The third-order valence-corrected chi connectivity index (χ3v) is 9.94. The first-order valence-corrected chi connectivity index (χ1v) is 17.2.